The Bertz CT molecular complexity index is 467. The molecule has 0 aliphatic heterocycles. The minimum Gasteiger partial charge on any atom is -0.0922 e. The Kier molecular flexibility index (Phi) is 3.53. The zero-order chi connectivity index (χ0) is 13.6. The zero-order valence-corrected chi connectivity index (χ0v) is 14.0. The molecule has 2 aliphatic rings. The molecule has 0 amide bonds. The number of benzene rings is 1. The summed E-state index contributed by atoms with van der Waals surface area (Å²) in [5, 5.41) is 1.19. The number of rotatable bonds is 3. The Labute approximate surface area is 126 Å². The minimum atomic E-state index is 0.549. The van der Waals surface area contributed by atoms with E-state index < -0.39 is 0 Å². The second-order valence-corrected chi connectivity index (χ2v) is 7.69. The lowest BCUT2D eigenvalue weighted by Gasteiger charge is -2.37. The second-order valence-electron chi connectivity index (χ2n) is 7.13. The van der Waals surface area contributed by atoms with Crippen LogP contribution in [0.4, 0.5) is 0 Å². The van der Waals surface area contributed by atoms with Crippen LogP contribution in [0.5, 0.6) is 0 Å². The molecule has 0 radical (unpaired) electrons. The summed E-state index contributed by atoms with van der Waals surface area (Å²) >= 11 is 3.86. The molecule has 0 heterocycles. The maximum atomic E-state index is 3.86. The summed E-state index contributed by atoms with van der Waals surface area (Å²) in [6.07, 6.45) is 7.20. The van der Waals surface area contributed by atoms with Crippen LogP contribution >= 0.6 is 15.9 Å². The molecular weight excluding hydrogens is 296 g/mol. The minimum absolute atomic E-state index is 0.549. The van der Waals surface area contributed by atoms with Crippen molar-refractivity contribution in [1.82, 2.24) is 0 Å². The van der Waals surface area contributed by atoms with Gasteiger partial charge in [0.25, 0.3) is 0 Å². The van der Waals surface area contributed by atoms with Crippen molar-refractivity contribution in [1.29, 1.82) is 0 Å². The third-order valence-electron chi connectivity index (χ3n) is 5.74. The first-order chi connectivity index (χ1) is 9.04. The van der Waals surface area contributed by atoms with Crippen LogP contribution < -0.4 is 0 Å². The Morgan fingerprint density at radius 3 is 2.32 bits per heavy atom. The highest BCUT2D eigenvalue weighted by molar-refractivity contribution is 9.09. The standard InChI is InChI=1S/C18H25Br/c1-12-6-13(2)17(14(3)7-12)10-18(11-19)9-15-4-5-16(18)8-15/h6-7,15-16H,4-5,8-11H2,1-3H3. The number of hydrogen-bond acceptors (Lipinski definition) is 0. The predicted octanol–water partition coefficient (Wildman–Crippen LogP) is 5.36. The van der Waals surface area contributed by atoms with E-state index >= 15 is 0 Å². The van der Waals surface area contributed by atoms with Gasteiger partial charge in [-0.15, -0.1) is 0 Å². The van der Waals surface area contributed by atoms with Crippen molar-refractivity contribution in [2.45, 2.75) is 52.9 Å². The SMILES string of the molecule is Cc1cc(C)c(CC2(CBr)CC3CCC2C3)c(C)c1. The highest BCUT2D eigenvalue weighted by Gasteiger charge is 2.50. The summed E-state index contributed by atoms with van der Waals surface area (Å²) in [6.45, 7) is 6.80. The third kappa shape index (κ3) is 2.28. The van der Waals surface area contributed by atoms with Gasteiger partial charge in [-0.2, -0.15) is 0 Å². The number of halogens is 1. The molecule has 1 heteroatoms. The zero-order valence-electron chi connectivity index (χ0n) is 12.4. The quantitative estimate of drug-likeness (QED) is 0.658. The van der Waals surface area contributed by atoms with Gasteiger partial charge in [-0.25, -0.2) is 0 Å². The fraction of sp³-hybridized carbons (Fsp3) is 0.667. The summed E-state index contributed by atoms with van der Waals surface area (Å²) in [5.74, 6) is 1.99. The molecule has 0 spiro atoms. The van der Waals surface area contributed by atoms with Crippen LogP contribution in [-0.4, -0.2) is 5.33 Å². The van der Waals surface area contributed by atoms with Crippen LogP contribution in [0, 0.1) is 38.0 Å². The molecule has 0 aromatic heterocycles. The number of alkyl halides is 1. The predicted molar refractivity (Wildman–Crippen MR) is 86.0 cm³/mol. The lowest BCUT2D eigenvalue weighted by molar-refractivity contribution is 0.196. The van der Waals surface area contributed by atoms with E-state index in [-0.39, 0.29) is 0 Å². The van der Waals surface area contributed by atoms with Crippen molar-refractivity contribution < 1.29 is 0 Å². The van der Waals surface area contributed by atoms with Crippen LogP contribution in [0.15, 0.2) is 12.1 Å². The van der Waals surface area contributed by atoms with Gasteiger partial charge in [0.05, 0.1) is 0 Å². The summed E-state index contributed by atoms with van der Waals surface area (Å²) < 4.78 is 0. The monoisotopic (exact) mass is 320 g/mol. The Balaban J connectivity index is 1.92. The van der Waals surface area contributed by atoms with Gasteiger partial charge in [0.2, 0.25) is 0 Å². The molecule has 2 saturated carbocycles. The van der Waals surface area contributed by atoms with E-state index in [1.54, 1.807) is 5.56 Å². The highest BCUT2D eigenvalue weighted by atomic mass is 79.9. The smallest absolute Gasteiger partial charge is 0.00939 e. The van der Waals surface area contributed by atoms with E-state index in [4.69, 9.17) is 0 Å². The molecule has 2 bridgehead atoms. The molecule has 2 aliphatic carbocycles. The first kappa shape index (κ1) is 13.7. The van der Waals surface area contributed by atoms with Crippen LogP contribution in [0.3, 0.4) is 0 Å². The lowest BCUT2D eigenvalue weighted by atomic mass is 9.70. The topological polar surface area (TPSA) is 0 Å². The fourth-order valence-corrected chi connectivity index (χ4v) is 5.71. The van der Waals surface area contributed by atoms with E-state index in [0.717, 1.165) is 11.8 Å². The Hall–Kier alpha value is -0.300. The lowest BCUT2D eigenvalue weighted by Crippen LogP contribution is -2.32. The highest BCUT2D eigenvalue weighted by Crippen LogP contribution is 2.58. The molecule has 3 unspecified atom stereocenters. The van der Waals surface area contributed by atoms with E-state index in [9.17, 15) is 0 Å². The van der Waals surface area contributed by atoms with Gasteiger partial charge in [0.1, 0.15) is 0 Å². The molecule has 0 nitrogen and oxygen atoms in total. The molecule has 3 atom stereocenters. The maximum absolute atomic E-state index is 3.86. The normalized spacial score (nSPS) is 33.1. The number of fused-ring (bicyclic) bond motifs is 2. The van der Waals surface area contributed by atoms with Crippen molar-refractivity contribution in [2.24, 2.45) is 17.3 Å². The summed E-state index contributed by atoms with van der Waals surface area (Å²) in [5.41, 5.74) is 6.58. The van der Waals surface area contributed by atoms with Crippen molar-refractivity contribution in [2.75, 3.05) is 5.33 Å². The molecule has 0 saturated heterocycles. The van der Waals surface area contributed by atoms with Gasteiger partial charge in [-0.05, 0) is 80.4 Å². The van der Waals surface area contributed by atoms with Gasteiger partial charge in [0, 0.05) is 5.33 Å². The Morgan fingerprint density at radius 1 is 1.16 bits per heavy atom. The molecule has 104 valence electrons. The van der Waals surface area contributed by atoms with Crippen molar-refractivity contribution in [3.63, 3.8) is 0 Å². The molecule has 19 heavy (non-hydrogen) atoms. The first-order valence-corrected chi connectivity index (χ1v) is 8.79. The van der Waals surface area contributed by atoms with Crippen molar-refractivity contribution in [3.05, 3.63) is 34.4 Å². The van der Waals surface area contributed by atoms with Gasteiger partial charge < -0.3 is 0 Å². The van der Waals surface area contributed by atoms with Crippen LogP contribution in [0.25, 0.3) is 0 Å². The van der Waals surface area contributed by atoms with Crippen LogP contribution in [0.1, 0.15) is 47.9 Å². The van der Waals surface area contributed by atoms with E-state index in [1.807, 2.05) is 0 Å². The second kappa shape index (κ2) is 4.91. The van der Waals surface area contributed by atoms with E-state index in [0.29, 0.717) is 5.41 Å². The molecule has 0 N–H and O–H groups in total. The number of aryl methyl sites for hydroxylation is 3. The van der Waals surface area contributed by atoms with Gasteiger partial charge in [-0.1, -0.05) is 40.0 Å². The fourth-order valence-electron chi connectivity index (χ4n) is 4.83. The van der Waals surface area contributed by atoms with Gasteiger partial charge in [-0.3, -0.25) is 0 Å². The average molecular weight is 321 g/mol. The van der Waals surface area contributed by atoms with Crippen molar-refractivity contribution >= 4 is 15.9 Å². The van der Waals surface area contributed by atoms with Crippen LogP contribution in [0.2, 0.25) is 0 Å². The molecule has 1 aromatic carbocycles. The molecular formula is C18H25Br. The first-order valence-electron chi connectivity index (χ1n) is 7.67. The third-order valence-corrected chi connectivity index (χ3v) is 6.85. The average Bonchev–Trinajstić information content (AvgIpc) is 2.94. The summed E-state index contributed by atoms with van der Waals surface area (Å²) in [4.78, 5) is 0. The van der Waals surface area contributed by atoms with Crippen molar-refractivity contribution in [3.8, 4) is 0 Å². The molecule has 1 aromatic rings. The number of hydrogen-bond donors (Lipinski definition) is 0. The maximum Gasteiger partial charge on any atom is 0.00939 e. The van der Waals surface area contributed by atoms with E-state index in [2.05, 4.69) is 48.8 Å². The van der Waals surface area contributed by atoms with E-state index in [1.165, 1.54) is 54.1 Å². The largest absolute Gasteiger partial charge is 0.0922 e. The summed E-state index contributed by atoms with van der Waals surface area (Å²) in [6, 6.07) is 4.72. The molecule has 2 fully saturated rings. The van der Waals surface area contributed by atoms with Gasteiger partial charge in [0.15, 0.2) is 0 Å². The van der Waals surface area contributed by atoms with Crippen LogP contribution in [-0.2, 0) is 6.42 Å². The Morgan fingerprint density at radius 2 is 1.84 bits per heavy atom. The summed E-state index contributed by atoms with van der Waals surface area (Å²) in [7, 11) is 0. The van der Waals surface area contributed by atoms with Gasteiger partial charge >= 0.3 is 0 Å². The molecule has 3 rings (SSSR count).